The summed E-state index contributed by atoms with van der Waals surface area (Å²) >= 11 is 6.09. The van der Waals surface area contributed by atoms with Crippen LogP contribution in [0.5, 0.6) is 0 Å². The lowest BCUT2D eigenvalue weighted by molar-refractivity contribution is 0.207. The van der Waals surface area contributed by atoms with Gasteiger partial charge in [-0.15, -0.1) is 0 Å². The zero-order valence-corrected chi connectivity index (χ0v) is 19.4. The SMILES string of the molecule is Cn1ncc(C(O)Nc2nc(=O)c(-c3ccc(CN(CCCN)CCCN)cc3)c[nH]2)c1Cl. The van der Waals surface area contributed by atoms with E-state index in [0.29, 0.717) is 29.4 Å². The first-order valence-electron chi connectivity index (χ1n) is 10.9. The molecule has 10 nitrogen and oxygen atoms in total. The third-order valence-corrected chi connectivity index (χ3v) is 5.75. The van der Waals surface area contributed by atoms with Gasteiger partial charge in [0.2, 0.25) is 5.95 Å². The first-order chi connectivity index (χ1) is 15.9. The van der Waals surface area contributed by atoms with Crippen molar-refractivity contribution in [1.29, 1.82) is 0 Å². The Morgan fingerprint density at radius 2 is 1.88 bits per heavy atom. The van der Waals surface area contributed by atoms with Crippen LogP contribution in [0.15, 0.2) is 41.5 Å². The average molecular weight is 475 g/mol. The van der Waals surface area contributed by atoms with Crippen molar-refractivity contribution in [1.82, 2.24) is 24.6 Å². The van der Waals surface area contributed by atoms with Gasteiger partial charge in [0.15, 0.2) is 6.23 Å². The third-order valence-electron chi connectivity index (χ3n) is 5.29. The summed E-state index contributed by atoms with van der Waals surface area (Å²) in [6.07, 6.45) is 3.72. The number of aromatic amines is 1. The number of nitrogens with zero attached hydrogens (tertiary/aromatic N) is 4. The molecule has 0 radical (unpaired) electrons. The van der Waals surface area contributed by atoms with Crippen LogP contribution >= 0.6 is 11.6 Å². The number of halogens is 1. The third kappa shape index (κ3) is 6.62. The molecule has 0 aliphatic carbocycles. The fraction of sp³-hybridized carbons (Fsp3) is 0.409. The Labute approximate surface area is 197 Å². The minimum Gasteiger partial charge on any atom is -0.369 e. The number of hydrogen-bond acceptors (Lipinski definition) is 8. The number of nitrogens with two attached hydrogens (primary N) is 2. The maximum atomic E-state index is 12.6. The summed E-state index contributed by atoms with van der Waals surface area (Å²) in [6, 6.07) is 7.83. The largest absolute Gasteiger partial charge is 0.369 e. The fourth-order valence-electron chi connectivity index (χ4n) is 3.45. The molecule has 2 heterocycles. The fourth-order valence-corrected chi connectivity index (χ4v) is 3.65. The van der Waals surface area contributed by atoms with Gasteiger partial charge in [-0.05, 0) is 50.1 Å². The highest BCUT2D eigenvalue weighted by Crippen LogP contribution is 2.23. The molecule has 11 heteroatoms. The molecule has 0 saturated heterocycles. The molecular formula is C22H31ClN8O2. The van der Waals surface area contributed by atoms with E-state index in [0.717, 1.165) is 43.6 Å². The van der Waals surface area contributed by atoms with Gasteiger partial charge in [-0.25, -0.2) is 0 Å². The summed E-state index contributed by atoms with van der Waals surface area (Å²) in [6.45, 7) is 3.96. The van der Waals surface area contributed by atoms with Crippen molar-refractivity contribution in [3.05, 3.63) is 63.3 Å². The molecule has 1 unspecified atom stereocenters. The zero-order chi connectivity index (χ0) is 23.8. The van der Waals surface area contributed by atoms with Crippen LogP contribution in [0.2, 0.25) is 5.15 Å². The summed E-state index contributed by atoms with van der Waals surface area (Å²) in [7, 11) is 1.66. The molecule has 33 heavy (non-hydrogen) atoms. The number of nitrogens with one attached hydrogen (secondary N) is 2. The van der Waals surface area contributed by atoms with E-state index in [2.05, 4.69) is 25.3 Å². The van der Waals surface area contributed by atoms with E-state index in [1.165, 1.54) is 10.9 Å². The number of aryl methyl sites for hydroxylation is 1. The topological polar surface area (TPSA) is 151 Å². The normalized spacial score (nSPS) is 12.3. The van der Waals surface area contributed by atoms with Crippen molar-refractivity contribution >= 4 is 17.5 Å². The molecule has 0 fully saturated rings. The van der Waals surface area contributed by atoms with Gasteiger partial charge in [-0.3, -0.25) is 14.4 Å². The molecule has 0 aliphatic rings. The maximum absolute atomic E-state index is 12.6. The predicted molar refractivity (Wildman–Crippen MR) is 130 cm³/mol. The van der Waals surface area contributed by atoms with Gasteiger partial charge in [-0.1, -0.05) is 35.9 Å². The van der Waals surface area contributed by atoms with Crippen LogP contribution in [-0.4, -0.2) is 55.9 Å². The molecule has 0 saturated carbocycles. The van der Waals surface area contributed by atoms with Crippen molar-refractivity contribution in [3.63, 3.8) is 0 Å². The lowest BCUT2D eigenvalue weighted by Gasteiger charge is -2.22. The Hall–Kier alpha value is -2.76. The van der Waals surface area contributed by atoms with Crippen molar-refractivity contribution in [2.45, 2.75) is 25.6 Å². The van der Waals surface area contributed by atoms with Crippen LogP contribution in [0.1, 0.15) is 30.2 Å². The van der Waals surface area contributed by atoms with Crippen molar-refractivity contribution < 1.29 is 5.11 Å². The molecule has 3 aromatic rings. The number of rotatable bonds is 12. The molecule has 0 bridgehead atoms. The molecule has 2 aromatic heterocycles. The number of anilines is 1. The number of aliphatic hydroxyl groups is 1. The van der Waals surface area contributed by atoms with E-state index in [9.17, 15) is 9.90 Å². The standard InChI is InChI=1S/C22H31ClN8O2/c1-30-19(23)18(13-27-30)21(33)29-22-26-12-17(20(32)28-22)16-6-4-15(5-7-16)14-31(10-2-8-24)11-3-9-25/h4-7,12-13,21,33H,2-3,8-11,14,24-25H2,1H3,(H2,26,28,29,32). The van der Waals surface area contributed by atoms with Crippen LogP contribution in [0, 0.1) is 0 Å². The second-order valence-electron chi connectivity index (χ2n) is 7.79. The second kappa shape index (κ2) is 11.9. The zero-order valence-electron chi connectivity index (χ0n) is 18.7. The molecule has 3 rings (SSSR count). The van der Waals surface area contributed by atoms with Gasteiger partial charge in [0, 0.05) is 19.8 Å². The average Bonchev–Trinajstić information content (AvgIpc) is 3.14. The highest BCUT2D eigenvalue weighted by Gasteiger charge is 2.16. The number of benzene rings is 1. The lowest BCUT2D eigenvalue weighted by Crippen LogP contribution is -2.28. The number of hydrogen-bond donors (Lipinski definition) is 5. The van der Waals surface area contributed by atoms with E-state index >= 15 is 0 Å². The summed E-state index contributed by atoms with van der Waals surface area (Å²) in [5.41, 5.74) is 13.6. The number of H-pyrrole nitrogens is 1. The van der Waals surface area contributed by atoms with Gasteiger partial charge in [0.25, 0.3) is 5.56 Å². The van der Waals surface area contributed by atoms with E-state index in [1.54, 1.807) is 13.2 Å². The summed E-state index contributed by atoms with van der Waals surface area (Å²) < 4.78 is 1.43. The van der Waals surface area contributed by atoms with Gasteiger partial charge in [-0.2, -0.15) is 10.1 Å². The maximum Gasteiger partial charge on any atom is 0.282 e. The van der Waals surface area contributed by atoms with E-state index < -0.39 is 11.8 Å². The quantitative estimate of drug-likeness (QED) is 0.247. The number of aromatic nitrogens is 4. The lowest BCUT2D eigenvalue weighted by atomic mass is 10.1. The molecule has 1 aromatic carbocycles. The molecular weight excluding hydrogens is 444 g/mol. The smallest absolute Gasteiger partial charge is 0.282 e. The Bertz CT molecular complexity index is 1070. The Balaban J connectivity index is 1.68. The number of aliphatic hydroxyl groups excluding tert-OH is 1. The van der Waals surface area contributed by atoms with Crippen LogP contribution in [0.4, 0.5) is 5.95 Å². The van der Waals surface area contributed by atoms with Gasteiger partial charge < -0.3 is 26.9 Å². The Morgan fingerprint density at radius 3 is 2.42 bits per heavy atom. The minimum atomic E-state index is -1.17. The van der Waals surface area contributed by atoms with Crippen molar-refractivity contribution in [2.24, 2.45) is 18.5 Å². The second-order valence-corrected chi connectivity index (χ2v) is 8.14. The first-order valence-corrected chi connectivity index (χ1v) is 11.2. The molecule has 1 atom stereocenters. The van der Waals surface area contributed by atoms with Crippen LogP contribution in [-0.2, 0) is 13.6 Å². The van der Waals surface area contributed by atoms with Crippen molar-refractivity contribution in [2.75, 3.05) is 31.5 Å². The molecule has 178 valence electrons. The highest BCUT2D eigenvalue weighted by atomic mass is 35.5. The first kappa shape index (κ1) is 24.9. The molecule has 0 amide bonds. The van der Waals surface area contributed by atoms with Crippen molar-refractivity contribution in [3.8, 4) is 11.1 Å². The molecule has 0 spiro atoms. The van der Waals surface area contributed by atoms with E-state index in [4.69, 9.17) is 23.1 Å². The summed E-state index contributed by atoms with van der Waals surface area (Å²) in [5, 5.41) is 17.3. The van der Waals surface area contributed by atoms with E-state index in [-0.39, 0.29) is 5.95 Å². The summed E-state index contributed by atoms with van der Waals surface area (Å²) in [4.78, 5) is 21.9. The van der Waals surface area contributed by atoms with Gasteiger partial charge in [0.05, 0.1) is 17.3 Å². The predicted octanol–water partition coefficient (Wildman–Crippen LogP) is 1.43. The van der Waals surface area contributed by atoms with Gasteiger partial charge >= 0.3 is 0 Å². The summed E-state index contributed by atoms with van der Waals surface area (Å²) in [5.74, 6) is 0.128. The molecule has 7 N–H and O–H groups in total. The highest BCUT2D eigenvalue weighted by molar-refractivity contribution is 6.30. The minimum absolute atomic E-state index is 0.128. The van der Waals surface area contributed by atoms with E-state index in [1.807, 2.05) is 24.3 Å². The monoisotopic (exact) mass is 474 g/mol. The Morgan fingerprint density at radius 1 is 1.21 bits per heavy atom. The van der Waals surface area contributed by atoms with Crippen LogP contribution in [0.25, 0.3) is 11.1 Å². The van der Waals surface area contributed by atoms with Gasteiger partial charge in [0.1, 0.15) is 5.15 Å². The molecule has 0 aliphatic heterocycles. The van der Waals surface area contributed by atoms with Crippen LogP contribution in [0.3, 0.4) is 0 Å². The van der Waals surface area contributed by atoms with Crippen LogP contribution < -0.4 is 22.3 Å². The Kier molecular flexibility index (Phi) is 8.98.